The van der Waals surface area contributed by atoms with Gasteiger partial charge in [-0.25, -0.2) is 4.79 Å². The molecule has 0 saturated heterocycles. The van der Waals surface area contributed by atoms with Crippen molar-refractivity contribution >= 4 is 11.7 Å². The largest absolute Gasteiger partial charge is 0.462 e. The fourth-order valence-electron chi connectivity index (χ4n) is 1.52. The Morgan fingerprint density at radius 2 is 1.76 bits per heavy atom. The number of esters is 1. The first-order valence-corrected chi connectivity index (χ1v) is 5.86. The summed E-state index contributed by atoms with van der Waals surface area (Å²) >= 11 is 0. The summed E-state index contributed by atoms with van der Waals surface area (Å²) in [6, 6.07) is 7.61. The Bertz CT molecular complexity index is 405. The molecule has 0 amide bonds. The fourth-order valence-corrected chi connectivity index (χ4v) is 1.52. The van der Waals surface area contributed by atoms with Crippen LogP contribution in [0.15, 0.2) is 29.3 Å². The lowest BCUT2D eigenvalue weighted by Crippen LogP contribution is -2.05. The van der Waals surface area contributed by atoms with Gasteiger partial charge in [-0.1, -0.05) is 12.1 Å². The van der Waals surface area contributed by atoms with E-state index in [0.29, 0.717) is 12.2 Å². The fraction of sp³-hybridized carbons (Fsp3) is 0.429. The molecule has 0 unspecified atom stereocenters. The Morgan fingerprint density at radius 1 is 1.24 bits per heavy atom. The van der Waals surface area contributed by atoms with E-state index in [2.05, 4.69) is 4.99 Å². The summed E-state index contributed by atoms with van der Waals surface area (Å²) in [7, 11) is 0. The van der Waals surface area contributed by atoms with Gasteiger partial charge in [0, 0.05) is 11.8 Å². The van der Waals surface area contributed by atoms with E-state index in [4.69, 9.17) is 4.74 Å². The first-order chi connectivity index (χ1) is 8.04. The van der Waals surface area contributed by atoms with E-state index in [9.17, 15) is 4.79 Å². The second-order valence-electron chi connectivity index (χ2n) is 4.11. The summed E-state index contributed by atoms with van der Waals surface area (Å²) in [6.07, 6.45) is 0. The molecule has 0 fully saturated rings. The third-order valence-corrected chi connectivity index (χ3v) is 2.27. The number of aliphatic imine (C=N–C) groups is 1. The van der Waals surface area contributed by atoms with Gasteiger partial charge in [-0.05, 0) is 45.4 Å². The topological polar surface area (TPSA) is 38.7 Å². The van der Waals surface area contributed by atoms with Crippen LogP contribution in [0.1, 0.15) is 43.6 Å². The summed E-state index contributed by atoms with van der Waals surface area (Å²) in [5.41, 5.74) is 2.59. The normalized spacial score (nSPS) is 11.7. The highest BCUT2D eigenvalue weighted by atomic mass is 16.5. The Morgan fingerprint density at radius 3 is 2.24 bits per heavy atom. The summed E-state index contributed by atoms with van der Waals surface area (Å²) < 4.78 is 4.92. The van der Waals surface area contributed by atoms with Crippen molar-refractivity contribution in [3.63, 3.8) is 0 Å². The highest BCUT2D eigenvalue weighted by Gasteiger charge is 2.06. The zero-order valence-electron chi connectivity index (χ0n) is 10.9. The van der Waals surface area contributed by atoms with Gasteiger partial charge < -0.3 is 4.74 Å². The molecule has 0 aliphatic rings. The summed E-state index contributed by atoms with van der Waals surface area (Å²) in [5.74, 6) is -0.280. The Balaban J connectivity index is 2.85. The maximum atomic E-state index is 11.5. The van der Waals surface area contributed by atoms with E-state index in [1.54, 1.807) is 19.1 Å². The summed E-state index contributed by atoms with van der Waals surface area (Å²) in [6.45, 7) is 8.24. The van der Waals surface area contributed by atoms with Crippen LogP contribution >= 0.6 is 0 Å². The van der Waals surface area contributed by atoms with Crippen LogP contribution in [0.5, 0.6) is 0 Å². The molecular weight excluding hydrogens is 214 g/mol. The second kappa shape index (κ2) is 6.18. The first kappa shape index (κ1) is 13.4. The minimum atomic E-state index is -0.280. The molecule has 3 heteroatoms. The second-order valence-corrected chi connectivity index (χ2v) is 4.11. The molecule has 0 spiro atoms. The standard InChI is InChI=1S/C14H19NO2/c1-5-17-14(16)13-8-6-12(7-9-13)11(4)15-10(2)3/h6-10H,5H2,1-4H3/b15-11+. The van der Waals surface area contributed by atoms with E-state index in [0.717, 1.165) is 11.3 Å². The lowest BCUT2D eigenvalue weighted by molar-refractivity contribution is 0.0526. The molecule has 1 aromatic carbocycles. The van der Waals surface area contributed by atoms with E-state index in [1.807, 2.05) is 32.9 Å². The van der Waals surface area contributed by atoms with Crippen molar-refractivity contribution in [1.82, 2.24) is 0 Å². The van der Waals surface area contributed by atoms with Crippen LogP contribution in [0, 0.1) is 0 Å². The number of benzene rings is 1. The van der Waals surface area contributed by atoms with E-state index in [1.165, 1.54) is 0 Å². The average molecular weight is 233 g/mol. The minimum Gasteiger partial charge on any atom is -0.462 e. The molecule has 0 aliphatic heterocycles. The van der Waals surface area contributed by atoms with Gasteiger partial charge in [-0.15, -0.1) is 0 Å². The van der Waals surface area contributed by atoms with Crippen molar-refractivity contribution < 1.29 is 9.53 Å². The predicted octanol–water partition coefficient (Wildman–Crippen LogP) is 3.08. The molecule has 1 rings (SSSR count). The van der Waals surface area contributed by atoms with Crippen molar-refractivity contribution in [2.45, 2.75) is 33.7 Å². The third kappa shape index (κ3) is 4.02. The number of hydrogen-bond donors (Lipinski definition) is 0. The molecule has 1 aromatic rings. The highest BCUT2D eigenvalue weighted by Crippen LogP contribution is 2.08. The van der Waals surface area contributed by atoms with E-state index in [-0.39, 0.29) is 12.0 Å². The van der Waals surface area contributed by atoms with Gasteiger partial charge in [-0.2, -0.15) is 0 Å². The first-order valence-electron chi connectivity index (χ1n) is 5.86. The van der Waals surface area contributed by atoms with Crippen molar-refractivity contribution in [3.8, 4) is 0 Å². The van der Waals surface area contributed by atoms with Crippen molar-refractivity contribution in [2.24, 2.45) is 4.99 Å². The van der Waals surface area contributed by atoms with Crippen LogP contribution in [0.3, 0.4) is 0 Å². The van der Waals surface area contributed by atoms with Crippen molar-refractivity contribution in [1.29, 1.82) is 0 Å². The van der Waals surface area contributed by atoms with Crippen molar-refractivity contribution in [3.05, 3.63) is 35.4 Å². The van der Waals surface area contributed by atoms with Crippen molar-refractivity contribution in [2.75, 3.05) is 6.61 Å². The number of carbonyl (C=O) groups excluding carboxylic acids is 1. The van der Waals surface area contributed by atoms with Crippen LogP contribution in [0.2, 0.25) is 0 Å². The number of hydrogen-bond acceptors (Lipinski definition) is 3. The van der Waals surface area contributed by atoms with Gasteiger partial charge >= 0.3 is 5.97 Å². The predicted molar refractivity (Wildman–Crippen MR) is 69.7 cm³/mol. The number of ether oxygens (including phenoxy) is 1. The lowest BCUT2D eigenvalue weighted by Gasteiger charge is -2.05. The molecule has 0 atom stereocenters. The van der Waals surface area contributed by atoms with Gasteiger partial charge in [-0.3, -0.25) is 4.99 Å². The van der Waals surface area contributed by atoms with Crippen LogP contribution in [-0.4, -0.2) is 24.3 Å². The number of nitrogens with zero attached hydrogens (tertiary/aromatic N) is 1. The zero-order chi connectivity index (χ0) is 12.8. The van der Waals surface area contributed by atoms with Gasteiger partial charge in [0.05, 0.1) is 12.2 Å². The number of rotatable bonds is 4. The molecule has 92 valence electrons. The van der Waals surface area contributed by atoms with E-state index < -0.39 is 0 Å². The molecule has 0 heterocycles. The van der Waals surface area contributed by atoms with Crippen LogP contribution in [-0.2, 0) is 4.74 Å². The molecule has 0 aliphatic carbocycles. The highest BCUT2D eigenvalue weighted by molar-refractivity contribution is 5.99. The Hall–Kier alpha value is -1.64. The monoisotopic (exact) mass is 233 g/mol. The third-order valence-electron chi connectivity index (χ3n) is 2.27. The van der Waals surface area contributed by atoms with Crippen LogP contribution < -0.4 is 0 Å². The average Bonchev–Trinajstić information content (AvgIpc) is 2.28. The van der Waals surface area contributed by atoms with Gasteiger partial charge in [0.2, 0.25) is 0 Å². The lowest BCUT2D eigenvalue weighted by atomic mass is 10.1. The Kier molecular flexibility index (Phi) is 4.88. The molecule has 17 heavy (non-hydrogen) atoms. The smallest absolute Gasteiger partial charge is 0.338 e. The van der Waals surface area contributed by atoms with Crippen LogP contribution in [0.25, 0.3) is 0 Å². The molecule has 0 radical (unpaired) electrons. The van der Waals surface area contributed by atoms with Gasteiger partial charge in [0.15, 0.2) is 0 Å². The quantitative estimate of drug-likeness (QED) is 0.592. The molecule has 0 aromatic heterocycles. The Labute approximate surface area is 103 Å². The maximum Gasteiger partial charge on any atom is 0.338 e. The van der Waals surface area contributed by atoms with E-state index >= 15 is 0 Å². The summed E-state index contributed by atoms with van der Waals surface area (Å²) in [4.78, 5) is 15.9. The molecule has 0 saturated carbocycles. The molecule has 0 bridgehead atoms. The number of carbonyl (C=O) groups is 1. The maximum absolute atomic E-state index is 11.5. The van der Waals surface area contributed by atoms with Gasteiger partial charge in [0.25, 0.3) is 0 Å². The molecule has 3 nitrogen and oxygen atoms in total. The SMILES string of the molecule is CCOC(=O)c1ccc(/C(C)=N/C(C)C)cc1. The molecule has 0 N–H and O–H groups in total. The summed E-state index contributed by atoms with van der Waals surface area (Å²) in [5, 5.41) is 0. The zero-order valence-corrected chi connectivity index (χ0v) is 10.9. The minimum absolute atomic E-state index is 0.278. The molecular formula is C14H19NO2. The van der Waals surface area contributed by atoms with Crippen LogP contribution in [0.4, 0.5) is 0 Å². The van der Waals surface area contributed by atoms with Gasteiger partial charge in [0.1, 0.15) is 0 Å².